The summed E-state index contributed by atoms with van der Waals surface area (Å²) in [6, 6.07) is 12.1. The van der Waals surface area contributed by atoms with Gasteiger partial charge in [-0.25, -0.2) is 4.98 Å². The summed E-state index contributed by atoms with van der Waals surface area (Å²) in [4.78, 5) is 15.9. The molecule has 0 aliphatic carbocycles. The van der Waals surface area contributed by atoms with Crippen molar-refractivity contribution in [3.05, 3.63) is 71.1 Å². The van der Waals surface area contributed by atoms with E-state index in [-0.39, 0.29) is 6.61 Å². The van der Waals surface area contributed by atoms with Crippen molar-refractivity contribution < 1.29 is 27.5 Å². The van der Waals surface area contributed by atoms with Gasteiger partial charge in [0.15, 0.2) is 0 Å². The number of hydrogen-bond donors (Lipinski definition) is 1. The third-order valence-corrected chi connectivity index (χ3v) is 7.49. The molecular weight excluding hydrogens is 458 g/mol. The third kappa shape index (κ3) is 5.64. The predicted octanol–water partition coefficient (Wildman–Crippen LogP) is 3.79. The first-order chi connectivity index (χ1) is 16.0. The average molecular weight is 488 g/mol. The van der Waals surface area contributed by atoms with Crippen molar-refractivity contribution in [1.82, 2.24) is 13.6 Å². The molecule has 10 heteroatoms. The second kappa shape index (κ2) is 10.4. The lowest BCUT2D eigenvalue weighted by Gasteiger charge is -2.30. The minimum atomic E-state index is -4.00. The highest BCUT2D eigenvalue weighted by atomic mass is 32.2. The Hall–Kier alpha value is -3.21. The lowest BCUT2D eigenvalue weighted by molar-refractivity contribution is -0.137. The summed E-state index contributed by atoms with van der Waals surface area (Å²) >= 11 is 0. The van der Waals surface area contributed by atoms with Crippen LogP contribution in [0.15, 0.2) is 53.1 Å². The Kier molecular flexibility index (Phi) is 7.75. The van der Waals surface area contributed by atoms with E-state index in [0.29, 0.717) is 22.9 Å². The Balaban J connectivity index is 1.82. The highest BCUT2D eigenvalue weighted by Crippen LogP contribution is 2.32. The van der Waals surface area contributed by atoms with E-state index in [1.165, 1.54) is 25.9 Å². The fourth-order valence-electron chi connectivity index (χ4n) is 3.41. The average Bonchev–Trinajstić information content (AvgIpc) is 3.26. The van der Waals surface area contributed by atoms with Crippen LogP contribution >= 0.6 is 0 Å². The van der Waals surface area contributed by atoms with Gasteiger partial charge in [0, 0.05) is 25.2 Å². The van der Waals surface area contributed by atoms with Crippen molar-refractivity contribution in [3.8, 4) is 17.2 Å². The van der Waals surface area contributed by atoms with E-state index >= 15 is 0 Å². The molecule has 1 heterocycles. The van der Waals surface area contributed by atoms with Crippen LogP contribution < -0.4 is 4.74 Å². The number of para-hydroxylation sites is 1. The van der Waals surface area contributed by atoms with Gasteiger partial charge in [-0.1, -0.05) is 24.3 Å². The fourth-order valence-corrected chi connectivity index (χ4v) is 4.61. The van der Waals surface area contributed by atoms with E-state index in [0.717, 1.165) is 19.7 Å². The molecule has 1 atom stereocenters. The Morgan fingerprint density at radius 3 is 2.50 bits per heavy atom. The van der Waals surface area contributed by atoms with Gasteiger partial charge < -0.3 is 14.3 Å². The van der Waals surface area contributed by atoms with E-state index in [4.69, 9.17) is 9.15 Å². The van der Waals surface area contributed by atoms with Crippen LogP contribution in [-0.4, -0.2) is 53.7 Å². The van der Waals surface area contributed by atoms with Gasteiger partial charge in [0.05, 0.1) is 6.04 Å². The topological polar surface area (TPSA) is 113 Å². The number of carboxylic acid groups (broad SMARTS) is 1. The van der Waals surface area contributed by atoms with Gasteiger partial charge >= 0.3 is 5.97 Å². The van der Waals surface area contributed by atoms with Crippen molar-refractivity contribution in [2.75, 3.05) is 20.6 Å². The van der Waals surface area contributed by atoms with Crippen molar-refractivity contribution >= 4 is 16.2 Å². The molecule has 0 fully saturated rings. The zero-order chi connectivity index (χ0) is 25.0. The fraction of sp³-hybridized carbons (Fsp3) is 0.333. The zero-order valence-corrected chi connectivity index (χ0v) is 20.7. The van der Waals surface area contributed by atoms with Crippen molar-refractivity contribution in [2.24, 2.45) is 0 Å². The summed E-state index contributed by atoms with van der Waals surface area (Å²) in [5.41, 5.74) is 4.28. The van der Waals surface area contributed by atoms with Crippen LogP contribution in [0.4, 0.5) is 0 Å². The molecule has 3 rings (SSSR count). The number of aryl methyl sites for hydroxylation is 2. The van der Waals surface area contributed by atoms with Crippen LogP contribution in [0.25, 0.3) is 11.5 Å². The van der Waals surface area contributed by atoms with Crippen molar-refractivity contribution in [1.29, 1.82) is 0 Å². The minimum Gasteiger partial charge on any atom is -0.487 e. The molecule has 2 aromatic carbocycles. The molecule has 0 saturated heterocycles. The Morgan fingerprint density at radius 1 is 1.15 bits per heavy atom. The molecule has 0 aliphatic heterocycles. The number of hydrogen-bond acceptors (Lipinski definition) is 6. The van der Waals surface area contributed by atoms with Gasteiger partial charge in [0.2, 0.25) is 5.89 Å². The monoisotopic (exact) mass is 487 g/mol. The van der Waals surface area contributed by atoms with Gasteiger partial charge in [-0.05, 0) is 50.1 Å². The lowest BCUT2D eigenvalue weighted by Crippen LogP contribution is -2.44. The number of carboxylic acids is 1. The summed E-state index contributed by atoms with van der Waals surface area (Å²) in [6.45, 7) is 5.10. The highest BCUT2D eigenvalue weighted by molar-refractivity contribution is 7.86. The molecule has 0 saturated carbocycles. The molecule has 0 amide bonds. The largest absolute Gasteiger partial charge is 0.487 e. The van der Waals surface area contributed by atoms with Crippen LogP contribution in [-0.2, 0) is 21.6 Å². The Morgan fingerprint density at radius 2 is 1.85 bits per heavy atom. The molecule has 3 aromatic rings. The van der Waals surface area contributed by atoms with E-state index in [1.807, 2.05) is 32.0 Å². The maximum Gasteiger partial charge on any atom is 0.318 e. The summed E-state index contributed by atoms with van der Waals surface area (Å²) in [7, 11) is -1.28. The molecule has 1 N–H and O–H groups in total. The standard InChI is InChI=1S/C24H29N3O6S/c1-16-10-11-19(12-17(16)2)24-25-20(15-33-24)14-32-22-9-7-6-8-21(22)18(3)27(13-23(28)29)34(30,31)26(4)5/h6-12,15,18H,13-14H2,1-5H3,(H,28,29). The normalized spacial score (nSPS) is 12.8. The number of carbonyl (C=O) groups is 1. The Labute approximate surface area is 199 Å². The first-order valence-electron chi connectivity index (χ1n) is 10.7. The molecule has 9 nitrogen and oxygen atoms in total. The lowest BCUT2D eigenvalue weighted by atomic mass is 10.1. The smallest absolute Gasteiger partial charge is 0.318 e. The molecule has 1 aromatic heterocycles. The summed E-state index contributed by atoms with van der Waals surface area (Å²) in [6.07, 6.45) is 1.52. The van der Waals surface area contributed by atoms with Crippen molar-refractivity contribution in [3.63, 3.8) is 0 Å². The van der Waals surface area contributed by atoms with Crippen LogP contribution in [0.3, 0.4) is 0 Å². The number of oxazole rings is 1. The maximum absolute atomic E-state index is 12.8. The molecule has 0 aliphatic rings. The van der Waals surface area contributed by atoms with Crippen LogP contribution in [0.2, 0.25) is 0 Å². The van der Waals surface area contributed by atoms with Gasteiger partial charge in [0.1, 0.15) is 30.9 Å². The second-order valence-corrected chi connectivity index (χ2v) is 10.3. The molecule has 0 spiro atoms. The molecule has 1 unspecified atom stereocenters. The number of nitrogens with zero attached hydrogens (tertiary/aromatic N) is 3. The quantitative estimate of drug-likeness (QED) is 0.463. The zero-order valence-electron chi connectivity index (χ0n) is 19.8. The first kappa shape index (κ1) is 25.4. The molecule has 182 valence electrons. The molecular formula is C24H29N3O6S. The number of aromatic nitrogens is 1. The molecule has 34 heavy (non-hydrogen) atoms. The number of ether oxygens (including phenoxy) is 1. The highest BCUT2D eigenvalue weighted by Gasteiger charge is 2.33. The van der Waals surface area contributed by atoms with E-state index in [1.54, 1.807) is 31.2 Å². The molecule has 0 radical (unpaired) electrons. The van der Waals surface area contributed by atoms with Crippen LogP contribution in [0.5, 0.6) is 5.75 Å². The first-order valence-corrected chi connectivity index (χ1v) is 12.0. The minimum absolute atomic E-state index is 0.0947. The number of benzene rings is 2. The van der Waals surface area contributed by atoms with Crippen molar-refractivity contribution in [2.45, 2.75) is 33.4 Å². The van der Waals surface area contributed by atoms with Crippen LogP contribution in [0.1, 0.15) is 35.3 Å². The predicted molar refractivity (Wildman–Crippen MR) is 128 cm³/mol. The molecule has 0 bridgehead atoms. The second-order valence-electron chi connectivity index (χ2n) is 8.17. The maximum atomic E-state index is 12.8. The van der Waals surface area contributed by atoms with Gasteiger partial charge in [-0.2, -0.15) is 17.0 Å². The van der Waals surface area contributed by atoms with Gasteiger partial charge in [0.25, 0.3) is 10.2 Å². The number of aliphatic carboxylic acids is 1. The van der Waals surface area contributed by atoms with E-state index < -0.39 is 28.8 Å². The van der Waals surface area contributed by atoms with Crippen LogP contribution in [0, 0.1) is 13.8 Å². The SMILES string of the molecule is Cc1ccc(-c2nc(COc3ccccc3C(C)N(CC(=O)O)S(=O)(=O)N(C)C)co2)cc1C. The van der Waals surface area contributed by atoms with E-state index in [2.05, 4.69) is 4.98 Å². The van der Waals surface area contributed by atoms with Gasteiger partial charge in [-0.3, -0.25) is 4.79 Å². The summed E-state index contributed by atoms with van der Waals surface area (Å²) in [5, 5.41) is 9.30. The van der Waals surface area contributed by atoms with E-state index in [9.17, 15) is 18.3 Å². The Bertz CT molecular complexity index is 1270. The third-order valence-electron chi connectivity index (χ3n) is 5.53. The van der Waals surface area contributed by atoms with Gasteiger partial charge in [-0.15, -0.1) is 0 Å². The number of rotatable bonds is 10. The summed E-state index contributed by atoms with van der Waals surface area (Å²) < 4.78 is 39.0. The summed E-state index contributed by atoms with van der Waals surface area (Å²) in [5.74, 6) is -0.347.